The number of hydrogen-bond donors (Lipinski definition) is 1. The van der Waals surface area contributed by atoms with Gasteiger partial charge in [0.1, 0.15) is 0 Å². The fourth-order valence-electron chi connectivity index (χ4n) is 2.58. The van der Waals surface area contributed by atoms with Crippen LogP contribution in [0.1, 0.15) is 56.0 Å². The molecule has 2 rings (SSSR count). The van der Waals surface area contributed by atoms with Crippen molar-refractivity contribution in [2.45, 2.75) is 45.7 Å². The van der Waals surface area contributed by atoms with Crippen LogP contribution in [0.4, 0.5) is 0 Å². The Kier molecular flexibility index (Phi) is 6.01. The molecule has 1 nitrogen and oxygen atoms in total. The lowest BCUT2D eigenvalue weighted by Gasteiger charge is -2.23. The van der Waals surface area contributed by atoms with Crippen LogP contribution in [-0.2, 0) is 6.42 Å². The summed E-state index contributed by atoms with van der Waals surface area (Å²) in [7, 11) is 0. The minimum absolute atomic E-state index is 0.342. The molecule has 0 radical (unpaired) electrons. The summed E-state index contributed by atoms with van der Waals surface area (Å²) in [6.07, 6.45) is 2.19. The lowest BCUT2D eigenvalue weighted by molar-refractivity contribution is 0.456. The number of aryl methyl sites for hydroxylation is 1. The van der Waals surface area contributed by atoms with Gasteiger partial charge in [0.2, 0.25) is 0 Å². The van der Waals surface area contributed by atoms with E-state index in [1.165, 1.54) is 16.7 Å². The molecule has 0 bridgehead atoms. The largest absolute Gasteiger partial charge is 0.303 e. The van der Waals surface area contributed by atoms with Gasteiger partial charge in [-0.2, -0.15) is 0 Å². The van der Waals surface area contributed by atoms with E-state index in [-0.39, 0.29) is 0 Å². The van der Waals surface area contributed by atoms with Gasteiger partial charge in [0.15, 0.2) is 0 Å². The highest BCUT2D eigenvalue weighted by molar-refractivity contribution is 9.10. The average Bonchev–Trinajstić information content (AvgIpc) is 2.53. The quantitative estimate of drug-likeness (QED) is 0.696. The van der Waals surface area contributed by atoms with E-state index in [0.717, 1.165) is 17.3 Å². The van der Waals surface area contributed by atoms with Crippen molar-refractivity contribution in [3.05, 3.63) is 69.7 Å². The second kappa shape index (κ2) is 7.77. The van der Waals surface area contributed by atoms with Gasteiger partial charge in [-0.15, -0.1) is 0 Å². The topological polar surface area (TPSA) is 12.0 Å². The first kappa shape index (κ1) is 16.3. The standard InChI is InChI=1S/C19H24BrN/c1-4-15-6-8-17(9-7-15)19(5-2)21-14(3)16-10-12-18(20)13-11-16/h6-14,19,21H,4-5H2,1-3H3/t14-,19?/m1/s1. The summed E-state index contributed by atoms with van der Waals surface area (Å²) >= 11 is 3.49. The maximum Gasteiger partial charge on any atom is 0.0323 e. The molecule has 0 aromatic heterocycles. The SMILES string of the molecule is CCc1ccc(C(CC)N[C@H](C)c2ccc(Br)cc2)cc1. The smallest absolute Gasteiger partial charge is 0.0323 e. The van der Waals surface area contributed by atoms with Crippen molar-refractivity contribution in [2.24, 2.45) is 0 Å². The van der Waals surface area contributed by atoms with E-state index in [0.29, 0.717) is 12.1 Å². The number of benzene rings is 2. The molecule has 112 valence electrons. The lowest BCUT2D eigenvalue weighted by Crippen LogP contribution is -2.24. The van der Waals surface area contributed by atoms with Crippen LogP contribution in [-0.4, -0.2) is 0 Å². The molecule has 2 heteroatoms. The number of halogens is 1. The third kappa shape index (κ3) is 4.42. The highest BCUT2D eigenvalue weighted by atomic mass is 79.9. The van der Waals surface area contributed by atoms with Gasteiger partial charge in [0, 0.05) is 16.6 Å². The fraction of sp³-hybridized carbons (Fsp3) is 0.368. The predicted molar refractivity (Wildman–Crippen MR) is 94.5 cm³/mol. The third-order valence-electron chi connectivity index (χ3n) is 4.02. The maximum absolute atomic E-state index is 3.74. The normalized spacial score (nSPS) is 13.9. The van der Waals surface area contributed by atoms with Crippen LogP contribution >= 0.6 is 15.9 Å². The van der Waals surface area contributed by atoms with Gasteiger partial charge in [-0.3, -0.25) is 0 Å². The van der Waals surface area contributed by atoms with E-state index in [9.17, 15) is 0 Å². The van der Waals surface area contributed by atoms with Crippen molar-refractivity contribution >= 4 is 15.9 Å². The maximum atomic E-state index is 3.74. The third-order valence-corrected chi connectivity index (χ3v) is 4.55. The van der Waals surface area contributed by atoms with Crippen LogP contribution in [0.2, 0.25) is 0 Å². The van der Waals surface area contributed by atoms with Gasteiger partial charge >= 0.3 is 0 Å². The minimum atomic E-state index is 0.342. The van der Waals surface area contributed by atoms with Crippen LogP contribution in [0, 0.1) is 0 Å². The van der Waals surface area contributed by atoms with Crippen molar-refractivity contribution < 1.29 is 0 Å². The zero-order valence-corrected chi connectivity index (χ0v) is 14.7. The average molecular weight is 346 g/mol. The highest BCUT2D eigenvalue weighted by Gasteiger charge is 2.13. The van der Waals surface area contributed by atoms with Crippen LogP contribution in [0.5, 0.6) is 0 Å². The first-order chi connectivity index (χ1) is 10.1. The number of rotatable bonds is 6. The molecule has 21 heavy (non-hydrogen) atoms. The summed E-state index contributed by atoms with van der Waals surface area (Å²) in [6.45, 7) is 6.66. The summed E-state index contributed by atoms with van der Waals surface area (Å²) in [5, 5.41) is 3.74. The fourth-order valence-corrected chi connectivity index (χ4v) is 2.85. The Morgan fingerprint density at radius 2 is 1.48 bits per heavy atom. The first-order valence-corrected chi connectivity index (χ1v) is 8.53. The Balaban J connectivity index is 2.08. The van der Waals surface area contributed by atoms with E-state index >= 15 is 0 Å². The molecule has 0 fully saturated rings. The molecular weight excluding hydrogens is 322 g/mol. The molecular formula is C19H24BrN. The summed E-state index contributed by atoms with van der Waals surface area (Å²) in [5.74, 6) is 0. The van der Waals surface area contributed by atoms with Crippen LogP contribution in [0.25, 0.3) is 0 Å². The number of nitrogens with one attached hydrogen (secondary N) is 1. The molecule has 0 amide bonds. The van der Waals surface area contributed by atoms with Crippen molar-refractivity contribution in [3.8, 4) is 0 Å². The Labute approximate surface area is 136 Å². The van der Waals surface area contributed by atoms with Gasteiger partial charge < -0.3 is 5.32 Å². The van der Waals surface area contributed by atoms with Crippen molar-refractivity contribution in [2.75, 3.05) is 0 Å². The zero-order chi connectivity index (χ0) is 15.2. The van der Waals surface area contributed by atoms with Gasteiger partial charge in [0.05, 0.1) is 0 Å². The zero-order valence-electron chi connectivity index (χ0n) is 13.1. The van der Waals surface area contributed by atoms with E-state index in [1.54, 1.807) is 0 Å². The molecule has 0 aliphatic rings. The van der Waals surface area contributed by atoms with Crippen LogP contribution < -0.4 is 5.32 Å². The first-order valence-electron chi connectivity index (χ1n) is 7.74. The molecule has 0 saturated heterocycles. The summed E-state index contributed by atoms with van der Waals surface area (Å²) in [5.41, 5.74) is 4.09. The van der Waals surface area contributed by atoms with Crippen LogP contribution in [0.15, 0.2) is 53.0 Å². The van der Waals surface area contributed by atoms with Crippen molar-refractivity contribution in [3.63, 3.8) is 0 Å². The molecule has 1 unspecified atom stereocenters. The van der Waals surface area contributed by atoms with Crippen molar-refractivity contribution in [1.82, 2.24) is 5.32 Å². The summed E-state index contributed by atoms with van der Waals surface area (Å²) in [4.78, 5) is 0. The van der Waals surface area contributed by atoms with Gasteiger partial charge in [-0.25, -0.2) is 0 Å². The monoisotopic (exact) mass is 345 g/mol. The molecule has 2 atom stereocenters. The van der Waals surface area contributed by atoms with Gasteiger partial charge in [-0.1, -0.05) is 66.2 Å². The Hall–Kier alpha value is -1.12. The molecule has 0 aliphatic heterocycles. The molecule has 0 saturated carbocycles. The Morgan fingerprint density at radius 1 is 0.905 bits per heavy atom. The molecule has 1 N–H and O–H groups in total. The second-order valence-corrected chi connectivity index (χ2v) is 6.41. The molecule has 2 aromatic rings. The molecule has 0 aliphatic carbocycles. The Bertz CT molecular complexity index is 545. The van der Waals surface area contributed by atoms with Gasteiger partial charge in [0.25, 0.3) is 0 Å². The highest BCUT2D eigenvalue weighted by Crippen LogP contribution is 2.23. The van der Waals surface area contributed by atoms with Crippen LogP contribution in [0.3, 0.4) is 0 Å². The molecule has 0 heterocycles. The van der Waals surface area contributed by atoms with E-state index in [1.807, 2.05) is 0 Å². The lowest BCUT2D eigenvalue weighted by atomic mass is 9.99. The van der Waals surface area contributed by atoms with E-state index < -0.39 is 0 Å². The molecule has 2 aromatic carbocycles. The van der Waals surface area contributed by atoms with E-state index in [4.69, 9.17) is 0 Å². The second-order valence-electron chi connectivity index (χ2n) is 5.50. The predicted octanol–water partition coefficient (Wildman–Crippen LogP) is 5.81. The minimum Gasteiger partial charge on any atom is -0.303 e. The van der Waals surface area contributed by atoms with E-state index in [2.05, 4.69) is 90.5 Å². The summed E-state index contributed by atoms with van der Waals surface area (Å²) < 4.78 is 1.13. The Morgan fingerprint density at radius 3 is 2.00 bits per heavy atom. The number of hydrogen-bond acceptors (Lipinski definition) is 1. The molecule has 0 spiro atoms. The van der Waals surface area contributed by atoms with Gasteiger partial charge in [-0.05, 0) is 48.6 Å². The van der Waals surface area contributed by atoms with Crippen molar-refractivity contribution in [1.29, 1.82) is 0 Å². The summed E-state index contributed by atoms with van der Waals surface area (Å²) in [6, 6.07) is 18.3.